The summed E-state index contributed by atoms with van der Waals surface area (Å²) in [4.78, 5) is 0. The largest absolute Gasteiger partial charge is 0.373 e. The number of ether oxygens (including phenoxy) is 1. The summed E-state index contributed by atoms with van der Waals surface area (Å²) in [5.74, 6) is 0.708. The van der Waals surface area contributed by atoms with Crippen molar-refractivity contribution in [3.63, 3.8) is 0 Å². The van der Waals surface area contributed by atoms with Crippen LogP contribution in [0.4, 0.5) is 0 Å². The van der Waals surface area contributed by atoms with Gasteiger partial charge in [0, 0.05) is 0 Å². The van der Waals surface area contributed by atoms with E-state index in [4.69, 9.17) is 4.74 Å². The predicted molar refractivity (Wildman–Crippen MR) is 56.8 cm³/mol. The molecule has 0 aliphatic carbocycles. The topological polar surface area (TPSA) is 12.5 Å². The molecule has 1 aliphatic rings. The fourth-order valence-electron chi connectivity index (χ4n) is 2.26. The Morgan fingerprint density at radius 2 is 1.69 bits per heavy atom. The number of epoxide rings is 1. The van der Waals surface area contributed by atoms with Crippen LogP contribution in [0.2, 0.25) is 0 Å². The van der Waals surface area contributed by atoms with Gasteiger partial charge >= 0.3 is 0 Å². The molecule has 1 nitrogen and oxygen atoms in total. The summed E-state index contributed by atoms with van der Waals surface area (Å²) in [6, 6.07) is 0. The highest BCUT2D eigenvalue weighted by molar-refractivity contribution is 4.94. The monoisotopic (exact) mass is 184 g/mol. The Bertz CT molecular complexity index is 170. The molecule has 0 radical (unpaired) electrons. The van der Waals surface area contributed by atoms with Crippen molar-refractivity contribution < 1.29 is 4.74 Å². The van der Waals surface area contributed by atoms with Gasteiger partial charge in [0.1, 0.15) is 0 Å². The van der Waals surface area contributed by atoms with Gasteiger partial charge in [-0.15, -0.1) is 0 Å². The highest BCUT2D eigenvalue weighted by Crippen LogP contribution is 2.47. The van der Waals surface area contributed by atoms with Gasteiger partial charge in [0.25, 0.3) is 0 Å². The molecule has 1 rings (SSSR count). The maximum atomic E-state index is 5.48. The summed E-state index contributed by atoms with van der Waals surface area (Å²) in [6.45, 7) is 14.9. The average Bonchev–Trinajstić information content (AvgIpc) is 2.62. The summed E-state index contributed by atoms with van der Waals surface area (Å²) in [5.41, 5.74) is 0.781. The number of hydrogen-bond acceptors (Lipinski definition) is 1. The molecule has 0 saturated carbocycles. The molecule has 1 aliphatic heterocycles. The van der Waals surface area contributed by atoms with Crippen LogP contribution in [0.25, 0.3) is 0 Å². The minimum atomic E-state index is 0.373. The van der Waals surface area contributed by atoms with Gasteiger partial charge in [0.15, 0.2) is 0 Å². The second-order valence-electron chi connectivity index (χ2n) is 6.22. The molecule has 0 bridgehead atoms. The van der Waals surface area contributed by atoms with E-state index in [-0.39, 0.29) is 0 Å². The fourth-order valence-corrected chi connectivity index (χ4v) is 2.26. The summed E-state index contributed by atoms with van der Waals surface area (Å²) in [5, 5.41) is 0. The van der Waals surface area contributed by atoms with E-state index < -0.39 is 0 Å². The molecular weight excluding hydrogens is 160 g/mol. The molecule has 1 fully saturated rings. The van der Waals surface area contributed by atoms with Crippen molar-refractivity contribution in [3.8, 4) is 0 Å². The highest BCUT2D eigenvalue weighted by Gasteiger charge is 2.46. The molecule has 1 heterocycles. The van der Waals surface area contributed by atoms with Crippen molar-refractivity contribution in [2.75, 3.05) is 6.61 Å². The zero-order valence-corrected chi connectivity index (χ0v) is 9.98. The Morgan fingerprint density at radius 3 is 1.92 bits per heavy atom. The third-order valence-corrected chi connectivity index (χ3v) is 3.30. The van der Waals surface area contributed by atoms with Crippen LogP contribution in [0.3, 0.4) is 0 Å². The first-order chi connectivity index (χ1) is 5.76. The second-order valence-corrected chi connectivity index (χ2v) is 6.22. The van der Waals surface area contributed by atoms with Gasteiger partial charge in [-0.25, -0.2) is 0 Å². The van der Waals surface area contributed by atoms with Crippen molar-refractivity contribution >= 4 is 0 Å². The Labute approximate surface area is 82.9 Å². The average molecular weight is 184 g/mol. The van der Waals surface area contributed by atoms with E-state index in [9.17, 15) is 0 Å². The Hall–Kier alpha value is -0.0400. The molecule has 2 atom stereocenters. The molecule has 0 aromatic heterocycles. The van der Waals surface area contributed by atoms with Gasteiger partial charge < -0.3 is 4.74 Å². The van der Waals surface area contributed by atoms with Crippen LogP contribution in [0.1, 0.15) is 48.0 Å². The third kappa shape index (κ3) is 2.70. The van der Waals surface area contributed by atoms with Crippen molar-refractivity contribution in [1.82, 2.24) is 0 Å². The van der Waals surface area contributed by atoms with E-state index in [1.165, 1.54) is 6.42 Å². The number of hydrogen-bond donors (Lipinski definition) is 0. The normalized spacial score (nSPS) is 27.5. The number of rotatable bonds is 3. The first kappa shape index (κ1) is 11.0. The molecule has 0 N–H and O–H groups in total. The molecule has 0 spiro atoms. The zero-order chi connectivity index (χ0) is 10.3. The van der Waals surface area contributed by atoms with Crippen LogP contribution in [0.15, 0.2) is 0 Å². The second kappa shape index (κ2) is 3.27. The first-order valence-corrected chi connectivity index (χ1v) is 5.37. The lowest BCUT2D eigenvalue weighted by molar-refractivity contribution is 0.0890. The van der Waals surface area contributed by atoms with E-state index in [1.807, 2.05) is 0 Å². The smallest absolute Gasteiger partial charge is 0.0865 e. The lowest BCUT2D eigenvalue weighted by Crippen LogP contribution is -2.34. The maximum absolute atomic E-state index is 5.48. The van der Waals surface area contributed by atoms with Crippen LogP contribution in [-0.2, 0) is 4.74 Å². The van der Waals surface area contributed by atoms with Crippen LogP contribution in [0, 0.1) is 16.7 Å². The Balaban J connectivity index is 2.67. The molecule has 1 heteroatoms. The van der Waals surface area contributed by atoms with E-state index in [1.54, 1.807) is 0 Å². The zero-order valence-electron chi connectivity index (χ0n) is 9.98. The quantitative estimate of drug-likeness (QED) is 0.612. The van der Waals surface area contributed by atoms with Crippen molar-refractivity contribution in [3.05, 3.63) is 0 Å². The molecule has 2 unspecified atom stereocenters. The van der Waals surface area contributed by atoms with E-state index in [2.05, 4.69) is 41.5 Å². The van der Waals surface area contributed by atoms with Crippen LogP contribution in [-0.4, -0.2) is 12.7 Å². The van der Waals surface area contributed by atoms with Crippen LogP contribution < -0.4 is 0 Å². The Morgan fingerprint density at radius 1 is 1.23 bits per heavy atom. The summed E-state index contributed by atoms with van der Waals surface area (Å²) < 4.78 is 5.48. The minimum Gasteiger partial charge on any atom is -0.373 e. The third-order valence-electron chi connectivity index (χ3n) is 3.30. The summed E-state index contributed by atoms with van der Waals surface area (Å²) in [6.07, 6.45) is 1.77. The van der Waals surface area contributed by atoms with Crippen LogP contribution >= 0.6 is 0 Å². The van der Waals surface area contributed by atoms with Crippen molar-refractivity contribution in [2.45, 2.75) is 54.1 Å². The van der Waals surface area contributed by atoms with Gasteiger partial charge in [-0.1, -0.05) is 41.5 Å². The SMILES string of the molecule is CC(C)C(C)(CC(C)(C)C)C1CO1. The van der Waals surface area contributed by atoms with Gasteiger partial charge in [0.2, 0.25) is 0 Å². The molecule has 0 aromatic rings. The predicted octanol–water partition coefficient (Wildman–Crippen LogP) is 3.48. The lowest BCUT2D eigenvalue weighted by Gasteiger charge is -2.38. The maximum Gasteiger partial charge on any atom is 0.0865 e. The van der Waals surface area contributed by atoms with Gasteiger partial charge in [-0.3, -0.25) is 0 Å². The van der Waals surface area contributed by atoms with Crippen molar-refractivity contribution in [2.24, 2.45) is 16.7 Å². The molecule has 1 saturated heterocycles. The standard InChI is InChI=1S/C12H24O/c1-9(2)12(6,10-7-13-10)8-11(3,4)5/h9-10H,7-8H2,1-6H3. The lowest BCUT2D eigenvalue weighted by atomic mass is 9.67. The summed E-state index contributed by atoms with van der Waals surface area (Å²) in [7, 11) is 0. The van der Waals surface area contributed by atoms with Crippen molar-refractivity contribution in [1.29, 1.82) is 0 Å². The van der Waals surface area contributed by atoms with E-state index in [0.717, 1.165) is 6.61 Å². The minimum absolute atomic E-state index is 0.373. The molecular formula is C12H24O. The van der Waals surface area contributed by atoms with Crippen LogP contribution in [0.5, 0.6) is 0 Å². The molecule has 78 valence electrons. The molecule has 0 aromatic carbocycles. The van der Waals surface area contributed by atoms with E-state index in [0.29, 0.717) is 22.9 Å². The van der Waals surface area contributed by atoms with E-state index >= 15 is 0 Å². The first-order valence-electron chi connectivity index (χ1n) is 5.37. The fraction of sp³-hybridized carbons (Fsp3) is 1.00. The van der Waals surface area contributed by atoms with Gasteiger partial charge in [-0.2, -0.15) is 0 Å². The molecule has 13 heavy (non-hydrogen) atoms. The molecule has 0 amide bonds. The summed E-state index contributed by atoms with van der Waals surface area (Å²) >= 11 is 0. The highest BCUT2D eigenvalue weighted by atomic mass is 16.6. The Kier molecular flexibility index (Phi) is 2.78. The van der Waals surface area contributed by atoms with Gasteiger partial charge in [0.05, 0.1) is 12.7 Å². The van der Waals surface area contributed by atoms with Gasteiger partial charge in [-0.05, 0) is 23.2 Å².